The van der Waals surface area contributed by atoms with Crippen LogP contribution in [-0.2, 0) is 14.3 Å². The third-order valence-electron chi connectivity index (χ3n) is 2.33. The van der Waals surface area contributed by atoms with Gasteiger partial charge in [-0.2, -0.15) is 0 Å². The van der Waals surface area contributed by atoms with Crippen molar-refractivity contribution in [1.29, 1.82) is 0 Å². The first-order valence-electron chi connectivity index (χ1n) is 4.39. The summed E-state index contributed by atoms with van der Waals surface area (Å²) in [5.74, 6) is -1.60. The Kier molecular flexibility index (Phi) is 2.83. The highest BCUT2D eigenvalue weighted by Crippen LogP contribution is 2.31. The van der Waals surface area contributed by atoms with E-state index < -0.39 is 23.4 Å². The Morgan fingerprint density at radius 2 is 2.00 bits per heavy atom. The first-order valence-corrected chi connectivity index (χ1v) is 4.39. The molecule has 0 aromatic carbocycles. The molecule has 0 atom stereocenters. The number of carbonyl (C=O) groups is 3. The molecule has 0 aliphatic carbocycles. The van der Waals surface area contributed by atoms with Crippen LogP contribution in [0.4, 0.5) is 4.79 Å². The van der Waals surface area contributed by atoms with Gasteiger partial charge in [0, 0.05) is 0 Å². The van der Waals surface area contributed by atoms with Crippen LogP contribution in [0.1, 0.15) is 6.92 Å². The summed E-state index contributed by atoms with van der Waals surface area (Å²) < 4.78 is 4.68. The van der Waals surface area contributed by atoms with Gasteiger partial charge in [0.05, 0.1) is 19.7 Å². The molecule has 3 N–H and O–H groups in total. The van der Waals surface area contributed by atoms with Gasteiger partial charge in [-0.1, -0.05) is 0 Å². The molecule has 1 heterocycles. The Labute approximate surface area is 85.8 Å². The molecule has 1 fully saturated rings. The highest BCUT2D eigenvalue weighted by molar-refractivity contribution is 6.04. The second-order valence-electron chi connectivity index (χ2n) is 3.31. The molecule has 2 amide bonds. The van der Waals surface area contributed by atoms with E-state index in [1.54, 1.807) is 6.92 Å². The molecule has 0 saturated carbocycles. The van der Waals surface area contributed by atoms with E-state index in [1.807, 2.05) is 0 Å². The van der Waals surface area contributed by atoms with E-state index in [0.717, 1.165) is 4.90 Å². The molecule has 1 aliphatic rings. The summed E-state index contributed by atoms with van der Waals surface area (Å²) in [6.45, 7) is 1.27. The van der Waals surface area contributed by atoms with Gasteiger partial charge in [-0.05, 0) is 6.92 Å². The Morgan fingerprint density at radius 1 is 1.47 bits per heavy atom. The number of likely N-dealkylation sites (tertiary alicyclic amines) is 1. The molecule has 1 aliphatic heterocycles. The molecule has 15 heavy (non-hydrogen) atoms. The number of nitrogens with zero attached hydrogens (tertiary/aromatic N) is 1. The molecular formula is C8H12N2O5. The number of hydrogen-bond acceptors (Lipinski definition) is 4. The lowest BCUT2D eigenvalue weighted by atomic mass is 9.79. The van der Waals surface area contributed by atoms with Gasteiger partial charge in [0.25, 0.3) is 0 Å². The molecule has 0 unspecified atom stereocenters. The normalized spacial score (nSPS) is 17.8. The summed E-state index contributed by atoms with van der Waals surface area (Å²) in [5, 5.41) is 8.58. The highest BCUT2D eigenvalue weighted by atomic mass is 16.5. The van der Waals surface area contributed by atoms with Crippen LogP contribution in [0, 0.1) is 5.41 Å². The molecule has 7 nitrogen and oxygen atoms in total. The average molecular weight is 216 g/mol. The van der Waals surface area contributed by atoms with Crippen LogP contribution in [0.15, 0.2) is 0 Å². The summed E-state index contributed by atoms with van der Waals surface area (Å²) >= 11 is 0. The van der Waals surface area contributed by atoms with E-state index in [9.17, 15) is 14.4 Å². The molecule has 84 valence electrons. The maximum Gasteiger partial charge on any atom is 0.407 e. The highest BCUT2D eigenvalue weighted by Gasteiger charge is 2.57. The van der Waals surface area contributed by atoms with Crippen LogP contribution in [0.5, 0.6) is 0 Å². The van der Waals surface area contributed by atoms with Crippen molar-refractivity contribution in [1.82, 2.24) is 4.90 Å². The zero-order valence-electron chi connectivity index (χ0n) is 8.23. The van der Waals surface area contributed by atoms with Crippen LogP contribution in [0.3, 0.4) is 0 Å². The number of hydrogen-bond donors (Lipinski definition) is 2. The minimum atomic E-state index is -1.49. The number of ether oxygens (including phenoxy) is 1. The minimum absolute atomic E-state index is 0.126. The van der Waals surface area contributed by atoms with Gasteiger partial charge in [-0.3, -0.25) is 9.59 Å². The second-order valence-corrected chi connectivity index (χ2v) is 3.31. The lowest BCUT2D eigenvalue weighted by Gasteiger charge is -2.43. The van der Waals surface area contributed by atoms with E-state index >= 15 is 0 Å². The van der Waals surface area contributed by atoms with Gasteiger partial charge in [0.2, 0.25) is 5.91 Å². The zero-order valence-corrected chi connectivity index (χ0v) is 8.23. The third-order valence-corrected chi connectivity index (χ3v) is 2.33. The minimum Gasteiger partial charge on any atom is -0.465 e. The van der Waals surface area contributed by atoms with Crippen LogP contribution in [0.2, 0.25) is 0 Å². The van der Waals surface area contributed by atoms with E-state index in [2.05, 4.69) is 4.74 Å². The van der Waals surface area contributed by atoms with Gasteiger partial charge in [-0.15, -0.1) is 0 Å². The molecular weight excluding hydrogens is 204 g/mol. The number of nitrogens with two attached hydrogens (primary N) is 1. The van der Waals surface area contributed by atoms with Crippen molar-refractivity contribution < 1.29 is 24.2 Å². The molecule has 0 aromatic rings. The zero-order chi connectivity index (χ0) is 11.6. The van der Waals surface area contributed by atoms with Crippen molar-refractivity contribution in [2.45, 2.75) is 6.92 Å². The Morgan fingerprint density at radius 3 is 2.33 bits per heavy atom. The van der Waals surface area contributed by atoms with Crippen LogP contribution in [0.25, 0.3) is 0 Å². The monoisotopic (exact) mass is 216 g/mol. The summed E-state index contributed by atoms with van der Waals surface area (Å²) in [6.07, 6.45) is -1.18. The third kappa shape index (κ3) is 1.72. The quantitative estimate of drug-likeness (QED) is 0.465. The lowest BCUT2D eigenvalue weighted by molar-refractivity contribution is -0.169. The van der Waals surface area contributed by atoms with Gasteiger partial charge >= 0.3 is 12.1 Å². The first-order chi connectivity index (χ1) is 6.94. The fourth-order valence-corrected chi connectivity index (χ4v) is 1.40. The number of amides is 2. The largest absolute Gasteiger partial charge is 0.465 e. The smallest absolute Gasteiger partial charge is 0.407 e. The van der Waals surface area contributed by atoms with Crippen molar-refractivity contribution in [3.63, 3.8) is 0 Å². The van der Waals surface area contributed by atoms with Crippen molar-refractivity contribution in [3.05, 3.63) is 0 Å². The Balaban J connectivity index is 2.74. The molecule has 1 saturated heterocycles. The van der Waals surface area contributed by atoms with Gasteiger partial charge in [0.15, 0.2) is 5.41 Å². The predicted octanol–water partition coefficient (Wildman–Crippen LogP) is -0.985. The van der Waals surface area contributed by atoms with Crippen LogP contribution < -0.4 is 5.73 Å². The van der Waals surface area contributed by atoms with Crippen molar-refractivity contribution in [3.8, 4) is 0 Å². The van der Waals surface area contributed by atoms with Crippen LogP contribution in [-0.4, -0.2) is 47.7 Å². The van der Waals surface area contributed by atoms with E-state index in [0.29, 0.717) is 0 Å². The molecule has 7 heteroatoms. The summed E-state index contributed by atoms with van der Waals surface area (Å²) in [6, 6.07) is 0. The molecule has 0 aromatic heterocycles. The van der Waals surface area contributed by atoms with E-state index in [1.165, 1.54) is 0 Å². The SMILES string of the molecule is CCOC(=O)C1(C(N)=O)CN(C(=O)O)C1. The molecule has 0 radical (unpaired) electrons. The maximum atomic E-state index is 11.4. The Hall–Kier alpha value is -1.79. The standard InChI is InChI=1S/C8H12N2O5/c1-2-15-6(12)8(5(9)11)3-10(4-8)7(13)14/h2-4H2,1H3,(H2,9,11)(H,13,14). The van der Waals surface area contributed by atoms with Crippen molar-refractivity contribution in [2.24, 2.45) is 11.1 Å². The molecule has 0 bridgehead atoms. The van der Waals surface area contributed by atoms with Crippen LogP contribution >= 0.6 is 0 Å². The number of carbonyl (C=O) groups excluding carboxylic acids is 2. The number of primary amides is 1. The number of rotatable bonds is 3. The van der Waals surface area contributed by atoms with Gasteiger partial charge in [0.1, 0.15) is 0 Å². The fourth-order valence-electron chi connectivity index (χ4n) is 1.40. The topological polar surface area (TPSA) is 110 Å². The van der Waals surface area contributed by atoms with Crippen molar-refractivity contribution >= 4 is 18.0 Å². The van der Waals surface area contributed by atoms with Gasteiger partial charge in [-0.25, -0.2) is 4.79 Å². The fraction of sp³-hybridized carbons (Fsp3) is 0.625. The summed E-state index contributed by atoms with van der Waals surface area (Å²) in [7, 11) is 0. The molecule has 1 rings (SSSR count). The van der Waals surface area contributed by atoms with E-state index in [4.69, 9.17) is 10.8 Å². The lowest BCUT2D eigenvalue weighted by Crippen LogP contribution is -2.67. The predicted molar refractivity (Wildman–Crippen MR) is 47.9 cm³/mol. The maximum absolute atomic E-state index is 11.4. The average Bonchev–Trinajstić information content (AvgIpc) is 2.00. The first kappa shape index (κ1) is 11.3. The summed E-state index contributed by atoms with van der Waals surface area (Å²) in [4.78, 5) is 33.9. The summed E-state index contributed by atoms with van der Waals surface area (Å²) in [5.41, 5.74) is 3.58. The number of esters is 1. The Bertz CT molecular complexity index is 308. The van der Waals surface area contributed by atoms with Crippen molar-refractivity contribution in [2.75, 3.05) is 19.7 Å². The second kappa shape index (κ2) is 3.76. The van der Waals surface area contributed by atoms with Gasteiger partial charge < -0.3 is 20.5 Å². The molecule has 0 spiro atoms. The number of carboxylic acid groups (broad SMARTS) is 1. The van der Waals surface area contributed by atoms with E-state index in [-0.39, 0.29) is 19.7 Å².